The van der Waals surface area contributed by atoms with Crippen molar-refractivity contribution < 1.29 is 22.7 Å². The molecular formula is C23H23F3N4O2S. The molecule has 174 valence electrons. The van der Waals surface area contributed by atoms with Gasteiger partial charge in [-0.3, -0.25) is 9.69 Å². The van der Waals surface area contributed by atoms with Crippen molar-refractivity contribution in [2.45, 2.75) is 19.3 Å². The van der Waals surface area contributed by atoms with E-state index in [0.717, 1.165) is 19.6 Å². The fourth-order valence-electron chi connectivity index (χ4n) is 3.57. The van der Waals surface area contributed by atoms with Crippen molar-refractivity contribution in [1.29, 1.82) is 0 Å². The minimum atomic E-state index is -4.72. The molecule has 1 saturated heterocycles. The number of hydrogen-bond donors (Lipinski definition) is 1. The number of nitrogens with one attached hydrogen (secondary N) is 1. The number of halogens is 3. The molecule has 33 heavy (non-hydrogen) atoms. The lowest BCUT2D eigenvalue weighted by atomic mass is 10.2. The van der Waals surface area contributed by atoms with E-state index in [2.05, 4.69) is 32.1 Å². The van der Waals surface area contributed by atoms with Gasteiger partial charge in [0.05, 0.1) is 12.1 Å². The highest BCUT2D eigenvalue weighted by atomic mass is 32.1. The van der Waals surface area contributed by atoms with Gasteiger partial charge in [0.15, 0.2) is 5.13 Å². The molecule has 1 amide bonds. The second-order valence-electron chi connectivity index (χ2n) is 7.66. The zero-order chi connectivity index (χ0) is 23.3. The predicted octanol–water partition coefficient (Wildman–Crippen LogP) is 4.67. The average molecular weight is 477 g/mol. The lowest BCUT2D eigenvalue weighted by molar-refractivity contribution is -0.274. The Balaban J connectivity index is 1.24. The topological polar surface area (TPSA) is 57.7 Å². The molecule has 1 aromatic heterocycles. The van der Waals surface area contributed by atoms with Gasteiger partial charge in [-0.15, -0.1) is 24.5 Å². The maximum atomic E-state index is 12.7. The second kappa shape index (κ2) is 10.2. The number of nitrogens with zero attached hydrogens (tertiary/aromatic N) is 3. The maximum Gasteiger partial charge on any atom is 0.573 e. The first-order valence-corrected chi connectivity index (χ1v) is 11.3. The highest BCUT2D eigenvalue weighted by molar-refractivity contribution is 7.13. The Morgan fingerprint density at radius 3 is 2.39 bits per heavy atom. The number of piperazine rings is 1. The summed E-state index contributed by atoms with van der Waals surface area (Å²) in [5.41, 5.74) is 2.50. The Hall–Kier alpha value is -3.11. The number of hydrogen-bond acceptors (Lipinski definition) is 6. The molecule has 10 heteroatoms. The van der Waals surface area contributed by atoms with E-state index < -0.39 is 6.36 Å². The smallest absolute Gasteiger partial charge is 0.406 e. The zero-order valence-corrected chi connectivity index (χ0v) is 18.5. The Bertz CT molecular complexity index is 1050. The van der Waals surface area contributed by atoms with Gasteiger partial charge in [-0.1, -0.05) is 30.3 Å². The molecule has 0 bridgehead atoms. The van der Waals surface area contributed by atoms with Crippen LogP contribution < -0.4 is 10.1 Å². The van der Waals surface area contributed by atoms with Crippen LogP contribution in [0.4, 0.5) is 24.0 Å². The van der Waals surface area contributed by atoms with Crippen LogP contribution >= 0.6 is 11.3 Å². The van der Waals surface area contributed by atoms with Crippen molar-refractivity contribution in [3.63, 3.8) is 0 Å². The highest BCUT2D eigenvalue weighted by Crippen LogP contribution is 2.26. The molecule has 2 aromatic carbocycles. The van der Waals surface area contributed by atoms with Gasteiger partial charge in [0, 0.05) is 43.8 Å². The van der Waals surface area contributed by atoms with E-state index in [1.165, 1.54) is 41.2 Å². The van der Waals surface area contributed by atoms with Gasteiger partial charge in [-0.25, -0.2) is 4.98 Å². The van der Waals surface area contributed by atoms with Crippen molar-refractivity contribution >= 4 is 28.1 Å². The van der Waals surface area contributed by atoms with Crippen molar-refractivity contribution in [1.82, 2.24) is 14.8 Å². The van der Waals surface area contributed by atoms with Gasteiger partial charge in [0.25, 0.3) is 0 Å². The van der Waals surface area contributed by atoms with Crippen molar-refractivity contribution in [3.8, 4) is 5.75 Å². The van der Waals surface area contributed by atoms with Gasteiger partial charge in [-0.05, 0) is 29.8 Å². The third kappa shape index (κ3) is 6.93. The Morgan fingerprint density at radius 1 is 1.03 bits per heavy atom. The van der Waals surface area contributed by atoms with E-state index >= 15 is 0 Å². The molecule has 1 aliphatic rings. The predicted molar refractivity (Wildman–Crippen MR) is 121 cm³/mol. The van der Waals surface area contributed by atoms with Crippen molar-refractivity contribution in [2.24, 2.45) is 0 Å². The Kier molecular flexibility index (Phi) is 7.14. The van der Waals surface area contributed by atoms with Gasteiger partial charge in [0.1, 0.15) is 5.75 Å². The molecule has 1 fully saturated rings. The third-order valence-electron chi connectivity index (χ3n) is 5.20. The van der Waals surface area contributed by atoms with Crippen LogP contribution in [0.25, 0.3) is 0 Å². The normalized spacial score (nSPS) is 14.8. The minimum Gasteiger partial charge on any atom is -0.406 e. The number of ether oxygens (including phenoxy) is 1. The van der Waals surface area contributed by atoms with Crippen LogP contribution in [0.15, 0.2) is 60.0 Å². The van der Waals surface area contributed by atoms with E-state index in [-0.39, 0.29) is 18.1 Å². The first kappa shape index (κ1) is 23.1. The Labute approximate surface area is 193 Å². The van der Waals surface area contributed by atoms with Crippen LogP contribution in [0.3, 0.4) is 0 Å². The molecule has 0 aliphatic carbocycles. The molecule has 1 N–H and O–H groups in total. The van der Waals surface area contributed by atoms with Crippen LogP contribution in [0.1, 0.15) is 11.3 Å². The van der Waals surface area contributed by atoms with Gasteiger partial charge < -0.3 is 15.0 Å². The summed E-state index contributed by atoms with van der Waals surface area (Å²) in [6.07, 6.45) is -4.50. The molecule has 6 nitrogen and oxygen atoms in total. The van der Waals surface area contributed by atoms with Crippen LogP contribution in [-0.4, -0.2) is 53.2 Å². The van der Waals surface area contributed by atoms with Gasteiger partial charge >= 0.3 is 6.36 Å². The summed E-state index contributed by atoms with van der Waals surface area (Å²) in [5, 5.41) is 5.41. The number of anilines is 2. The monoisotopic (exact) mass is 476 g/mol. The molecular weight excluding hydrogens is 453 g/mol. The second-order valence-corrected chi connectivity index (χ2v) is 8.52. The molecule has 0 radical (unpaired) electrons. The molecule has 0 unspecified atom stereocenters. The number of carbonyl (C=O) groups excluding carboxylic acids is 1. The minimum absolute atomic E-state index is 0.0415. The number of amides is 1. The average Bonchev–Trinajstić information content (AvgIpc) is 3.22. The molecule has 0 spiro atoms. The number of aromatic nitrogens is 1. The lowest BCUT2D eigenvalue weighted by Gasteiger charge is -2.34. The zero-order valence-electron chi connectivity index (χ0n) is 17.7. The molecule has 3 aromatic rings. The molecule has 4 rings (SSSR count). The first-order valence-electron chi connectivity index (χ1n) is 10.5. The summed E-state index contributed by atoms with van der Waals surface area (Å²) >= 11 is 1.34. The van der Waals surface area contributed by atoms with E-state index in [4.69, 9.17) is 0 Å². The van der Waals surface area contributed by atoms with E-state index in [1.807, 2.05) is 28.5 Å². The van der Waals surface area contributed by atoms with Gasteiger partial charge in [-0.2, -0.15) is 0 Å². The summed E-state index contributed by atoms with van der Waals surface area (Å²) < 4.78 is 40.6. The SMILES string of the molecule is O=C(Cc1csc(Nc2ccc(OC(F)(F)F)cc2)n1)N1CCN(Cc2ccccc2)CC1. The summed E-state index contributed by atoms with van der Waals surface area (Å²) in [4.78, 5) is 21.3. The molecule has 0 atom stereocenters. The number of carbonyl (C=O) groups is 1. The van der Waals surface area contributed by atoms with Crippen LogP contribution in [0, 0.1) is 0 Å². The summed E-state index contributed by atoms with van der Waals surface area (Å²) in [7, 11) is 0. The van der Waals surface area contributed by atoms with Crippen molar-refractivity contribution in [2.75, 3.05) is 31.5 Å². The van der Waals surface area contributed by atoms with Crippen LogP contribution in [0.2, 0.25) is 0 Å². The number of thiazole rings is 1. The molecule has 2 heterocycles. The molecule has 0 saturated carbocycles. The first-order chi connectivity index (χ1) is 15.8. The number of benzene rings is 2. The highest BCUT2D eigenvalue weighted by Gasteiger charge is 2.31. The lowest BCUT2D eigenvalue weighted by Crippen LogP contribution is -2.48. The largest absolute Gasteiger partial charge is 0.573 e. The third-order valence-corrected chi connectivity index (χ3v) is 6.00. The standard InChI is InChI=1S/C23H23F3N4O2S/c24-23(25,26)32-20-8-6-18(7-9-20)27-22-28-19(16-33-22)14-21(31)30-12-10-29(11-13-30)15-17-4-2-1-3-5-17/h1-9,16H,10-15H2,(H,27,28). The molecule has 1 aliphatic heterocycles. The van der Waals surface area contributed by atoms with E-state index in [1.54, 1.807) is 0 Å². The quantitative estimate of drug-likeness (QED) is 0.537. The number of alkyl halides is 3. The van der Waals surface area contributed by atoms with Gasteiger partial charge in [0.2, 0.25) is 5.91 Å². The fraction of sp³-hybridized carbons (Fsp3) is 0.304. The fourth-order valence-corrected chi connectivity index (χ4v) is 4.30. The Morgan fingerprint density at radius 2 is 1.73 bits per heavy atom. The summed E-state index contributed by atoms with van der Waals surface area (Å²) in [5.74, 6) is -0.248. The summed E-state index contributed by atoms with van der Waals surface area (Å²) in [6.45, 7) is 3.92. The van der Waals surface area contributed by atoms with E-state index in [0.29, 0.717) is 29.6 Å². The van der Waals surface area contributed by atoms with Crippen molar-refractivity contribution in [3.05, 3.63) is 71.2 Å². The summed E-state index contributed by atoms with van der Waals surface area (Å²) in [6, 6.07) is 15.7. The number of rotatable bonds is 7. The van der Waals surface area contributed by atoms with Crippen LogP contribution in [-0.2, 0) is 17.8 Å². The van der Waals surface area contributed by atoms with E-state index in [9.17, 15) is 18.0 Å². The maximum absolute atomic E-state index is 12.7. The van der Waals surface area contributed by atoms with Crippen LogP contribution in [0.5, 0.6) is 5.75 Å².